The minimum Gasteiger partial charge on any atom is -0.289 e. The fraction of sp³-hybridized carbons (Fsp3) is 0. The molecule has 9 heavy (non-hydrogen) atoms. The van der Waals surface area contributed by atoms with Gasteiger partial charge in [0.15, 0.2) is 5.43 Å². The molecule has 0 saturated heterocycles. The van der Waals surface area contributed by atoms with Crippen LogP contribution < -0.4 is 5.43 Å². The largest absolute Gasteiger partial charge is 0.289 e. The topological polar surface area (TPSA) is 17.1 Å². The van der Waals surface area contributed by atoms with Crippen LogP contribution in [0.15, 0.2) is 29.1 Å². The smallest absolute Gasteiger partial charge is 0.194 e. The summed E-state index contributed by atoms with van der Waals surface area (Å²) in [6.07, 6.45) is 0. The molecule has 0 aliphatic carbocycles. The van der Waals surface area contributed by atoms with Gasteiger partial charge >= 0.3 is 0 Å². The molecule has 0 aliphatic heterocycles. The highest BCUT2D eigenvalue weighted by Gasteiger charge is 2.07. The molecule has 46 valence electrons. The van der Waals surface area contributed by atoms with Crippen LogP contribution in [0, 0.1) is 0 Å². The summed E-state index contributed by atoms with van der Waals surface area (Å²) in [7, 11) is 0. The van der Waals surface area contributed by atoms with E-state index < -0.39 is 0 Å². The molecule has 0 amide bonds. The lowest BCUT2D eigenvalue weighted by Crippen LogP contribution is -1.66. The first-order valence-electron chi connectivity index (χ1n) is 2.53. The van der Waals surface area contributed by atoms with Crippen LogP contribution in [0.4, 0.5) is 0 Å². The van der Waals surface area contributed by atoms with E-state index >= 15 is 0 Å². The molecule has 2 rings (SSSR count). The van der Waals surface area contributed by atoms with Crippen LogP contribution >= 0.6 is 13.5 Å². The Balaban J connectivity index is 0.000000405. The molecule has 0 unspecified atom stereocenters. The average molecular weight is 138 g/mol. The van der Waals surface area contributed by atoms with Gasteiger partial charge in [-0.1, -0.05) is 24.3 Å². The first-order valence-corrected chi connectivity index (χ1v) is 2.53. The molecule has 2 aromatic rings. The van der Waals surface area contributed by atoms with Gasteiger partial charge in [-0.2, -0.15) is 13.5 Å². The zero-order chi connectivity index (χ0) is 5.56. The molecule has 0 radical (unpaired) electrons. The second-order valence-electron chi connectivity index (χ2n) is 1.87. The van der Waals surface area contributed by atoms with Crippen molar-refractivity contribution in [2.75, 3.05) is 0 Å². The molecule has 0 aromatic heterocycles. The SMILES string of the molecule is O=c1c2ccccc12.S. The molecule has 1 nitrogen and oxygen atoms in total. The van der Waals surface area contributed by atoms with Gasteiger partial charge in [0.05, 0.1) is 0 Å². The van der Waals surface area contributed by atoms with Gasteiger partial charge in [0.25, 0.3) is 0 Å². The Bertz CT molecular complexity index is 300. The van der Waals surface area contributed by atoms with Crippen molar-refractivity contribution >= 4 is 24.3 Å². The number of fused-ring (bicyclic) bond motifs is 1. The Hall–Kier alpha value is -0.760. The summed E-state index contributed by atoms with van der Waals surface area (Å²) < 4.78 is 0. The van der Waals surface area contributed by atoms with Crippen LogP contribution in [0.25, 0.3) is 10.8 Å². The standard InChI is InChI=1S/C7H4O.H2S/c8-7-5-3-1-2-4-6(5)7;/h1-4H;1H2. The summed E-state index contributed by atoms with van der Waals surface area (Å²) >= 11 is 0. The summed E-state index contributed by atoms with van der Waals surface area (Å²) in [4.78, 5) is 10.5. The lowest BCUT2D eigenvalue weighted by Gasteiger charge is -1.66. The van der Waals surface area contributed by atoms with E-state index in [0.717, 1.165) is 10.8 Å². The summed E-state index contributed by atoms with van der Waals surface area (Å²) in [5.74, 6) is 0. The molecule has 0 bridgehead atoms. The molecule has 0 spiro atoms. The van der Waals surface area contributed by atoms with Crippen LogP contribution in [0.1, 0.15) is 0 Å². The van der Waals surface area contributed by atoms with E-state index in [1.165, 1.54) is 0 Å². The van der Waals surface area contributed by atoms with Crippen LogP contribution in [0.5, 0.6) is 0 Å². The van der Waals surface area contributed by atoms with Crippen molar-refractivity contribution in [1.82, 2.24) is 0 Å². The van der Waals surface area contributed by atoms with Crippen molar-refractivity contribution in [2.24, 2.45) is 0 Å². The van der Waals surface area contributed by atoms with E-state index in [4.69, 9.17) is 0 Å². The Morgan fingerprint density at radius 1 is 1.00 bits per heavy atom. The molecule has 0 N–H and O–H groups in total. The highest BCUT2D eigenvalue weighted by molar-refractivity contribution is 7.59. The van der Waals surface area contributed by atoms with Crippen molar-refractivity contribution in [1.29, 1.82) is 0 Å². The molecule has 0 aliphatic rings. The number of benzene rings is 1. The predicted molar refractivity (Wildman–Crippen MR) is 43.0 cm³/mol. The third-order valence-corrected chi connectivity index (χ3v) is 1.35. The fourth-order valence-electron chi connectivity index (χ4n) is 0.833. The van der Waals surface area contributed by atoms with E-state index in [9.17, 15) is 4.79 Å². The maximum Gasteiger partial charge on any atom is 0.194 e. The van der Waals surface area contributed by atoms with Gasteiger partial charge in [-0.3, -0.25) is 4.79 Å². The van der Waals surface area contributed by atoms with Crippen molar-refractivity contribution in [3.8, 4) is 0 Å². The normalized spacial score (nSPS) is 9.78. The first kappa shape index (κ1) is 6.36. The molecule has 0 fully saturated rings. The maximum atomic E-state index is 10.5. The van der Waals surface area contributed by atoms with Crippen LogP contribution in [-0.4, -0.2) is 0 Å². The van der Waals surface area contributed by atoms with E-state index in [2.05, 4.69) is 0 Å². The highest BCUT2D eigenvalue weighted by atomic mass is 32.1. The summed E-state index contributed by atoms with van der Waals surface area (Å²) in [6.45, 7) is 0. The molecular weight excluding hydrogens is 132 g/mol. The molecule has 0 heterocycles. The Morgan fingerprint density at radius 2 is 1.44 bits per heavy atom. The lowest BCUT2D eigenvalue weighted by molar-refractivity contribution is 1.90. The second kappa shape index (κ2) is 1.88. The average Bonchev–Trinajstić information content (AvgIpc) is 2.46. The zero-order valence-electron chi connectivity index (χ0n) is 4.72. The van der Waals surface area contributed by atoms with Gasteiger partial charge in [-0.25, -0.2) is 0 Å². The molecule has 2 aromatic carbocycles. The molecule has 0 saturated carbocycles. The monoisotopic (exact) mass is 138 g/mol. The van der Waals surface area contributed by atoms with Crippen molar-refractivity contribution in [2.45, 2.75) is 0 Å². The summed E-state index contributed by atoms with van der Waals surface area (Å²) in [5, 5.41) is 1.79. The van der Waals surface area contributed by atoms with Gasteiger partial charge in [0.1, 0.15) is 0 Å². The Morgan fingerprint density at radius 3 is 1.78 bits per heavy atom. The molecular formula is C7H6OS. The second-order valence-corrected chi connectivity index (χ2v) is 1.87. The molecule has 2 heteroatoms. The Labute approximate surface area is 59.4 Å². The number of hydrogen-bond donors (Lipinski definition) is 0. The minimum absolute atomic E-state index is 0. The third kappa shape index (κ3) is 0.754. The van der Waals surface area contributed by atoms with E-state index in [-0.39, 0.29) is 18.9 Å². The molecule has 0 atom stereocenters. The van der Waals surface area contributed by atoms with Crippen LogP contribution in [0.3, 0.4) is 0 Å². The maximum absolute atomic E-state index is 10.5. The third-order valence-electron chi connectivity index (χ3n) is 1.35. The number of hydrogen-bond acceptors (Lipinski definition) is 1. The van der Waals surface area contributed by atoms with Gasteiger partial charge in [0.2, 0.25) is 0 Å². The van der Waals surface area contributed by atoms with Crippen molar-refractivity contribution < 1.29 is 0 Å². The Kier molecular flexibility index (Phi) is 1.33. The highest BCUT2D eigenvalue weighted by Crippen LogP contribution is 2.11. The van der Waals surface area contributed by atoms with Crippen molar-refractivity contribution in [3.63, 3.8) is 0 Å². The van der Waals surface area contributed by atoms with E-state index in [0.29, 0.717) is 0 Å². The quantitative estimate of drug-likeness (QED) is 0.534. The fourth-order valence-corrected chi connectivity index (χ4v) is 0.833. The van der Waals surface area contributed by atoms with Crippen molar-refractivity contribution in [3.05, 3.63) is 34.5 Å². The predicted octanol–water partition coefficient (Wildman–Crippen LogP) is 1.19. The first-order chi connectivity index (χ1) is 3.89. The van der Waals surface area contributed by atoms with Gasteiger partial charge in [-0.15, -0.1) is 0 Å². The van der Waals surface area contributed by atoms with E-state index in [1.54, 1.807) is 0 Å². The van der Waals surface area contributed by atoms with E-state index in [1.807, 2.05) is 24.3 Å². The van der Waals surface area contributed by atoms with Gasteiger partial charge < -0.3 is 0 Å². The van der Waals surface area contributed by atoms with Gasteiger partial charge in [0, 0.05) is 10.8 Å². The van der Waals surface area contributed by atoms with Crippen LogP contribution in [-0.2, 0) is 0 Å². The zero-order valence-corrected chi connectivity index (χ0v) is 5.72. The summed E-state index contributed by atoms with van der Waals surface area (Å²) in [6, 6.07) is 7.45. The van der Waals surface area contributed by atoms with Gasteiger partial charge in [-0.05, 0) is 0 Å². The number of rotatable bonds is 0. The lowest BCUT2D eigenvalue weighted by atomic mass is 10.4. The summed E-state index contributed by atoms with van der Waals surface area (Å²) in [5.41, 5.74) is 0.218. The minimum atomic E-state index is 0. The van der Waals surface area contributed by atoms with Crippen LogP contribution in [0.2, 0.25) is 0 Å².